The van der Waals surface area contributed by atoms with Gasteiger partial charge in [-0.1, -0.05) is 29.8 Å². The molecular weight excluding hydrogens is 258 g/mol. The van der Waals surface area contributed by atoms with Crippen LogP contribution in [0.25, 0.3) is 0 Å². The smallest absolute Gasteiger partial charge is 0.0450 e. The van der Waals surface area contributed by atoms with Gasteiger partial charge >= 0.3 is 0 Å². The second kappa shape index (κ2) is 7.39. The first kappa shape index (κ1) is 16.5. The zero-order chi connectivity index (χ0) is 15.4. The van der Waals surface area contributed by atoms with Crippen LogP contribution in [0.1, 0.15) is 36.9 Å². The lowest BCUT2D eigenvalue weighted by Gasteiger charge is -2.39. The van der Waals surface area contributed by atoms with Crippen LogP contribution < -0.4 is 5.73 Å². The molecule has 1 aliphatic rings. The van der Waals surface area contributed by atoms with Crippen LogP contribution in [0.5, 0.6) is 0 Å². The molecule has 2 atom stereocenters. The van der Waals surface area contributed by atoms with Crippen LogP contribution >= 0.6 is 0 Å². The number of benzene rings is 1. The summed E-state index contributed by atoms with van der Waals surface area (Å²) < 4.78 is 0. The highest BCUT2D eigenvalue weighted by molar-refractivity contribution is 5.24. The Morgan fingerprint density at radius 2 is 1.76 bits per heavy atom. The Hall–Kier alpha value is -0.900. The first-order chi connectivity index (χ1) is 9.97. The van der Waals surface area contributed by atoms with E-state index in [1.165, 1.54) is 43.6 Å². The molecule has 2 rings (SSSR count). The van der Waals surface area contributed by atoms with E-state index in [1.807, 2.05) is 0 Å². The van der Waals surface area contributed by atoms with Gasteiger partial charge in [-0.05, 0) is 65.4 Å². The van der Waals surface area contributed by atoms with Crippen LogP contribution in [0.3, 0.4) is 0 Å². The van der Waals surface area contributed by atoms with Crippen LogP contribution in [0, 0.1) is 12.8 Å². The van der Waals surface area contributed by atoms with Gasteiger partial charge in [0.25, 0.3) is 0 Å². The second-order valence-electron chi connectivity index (χ2n) is 6.92. The van der Waals surface area contributed by atoms with Crippen molar-refractivity contribution in [3.8, 4) is 0 Å². The van der Waals surface area contributed by atoms with Gasteiger partial charge in [-0.3, -0.25) is 4.90 Å². The fraction of sp³-hybridized carbons (Fsp3) is 0.667. The summed E-state index contributed by atoms with van der Waals surface area (Å²) in [4.78, 5) is 4.87. The Morgan fingerprint density at radius 1 is 1.19 bits per heavy atom. The highest BCUT2D eigenvalue weighted by atomic mass is 15.2. The number of piperidine rings is 1. The van der Waals surface area contributed by atoms with Gasteiger partial charge in [0.05, 0.1) is 0 Å². The maximum Gasteiger partial charge on any atom is 0.0450 e. The maximum absolute atomic E-state index is 6.48. The minimum Gasteiger partial charge on any atom is -0.323 e. The predicted octanol–water partition coefficient (Wildman–Crippen LogP) is 2.66. The minimum absolute atomic E-state index is 0.107. The lowest BCUT2D eigenvalue weighted by atomic mass is 9.92. The number of hydrogen-bond donors (Lipinski definition) is 1. The van der Waals surface area contributed by atoms with Gasteiger partial charge in [0.15, 0.2) is 0 Å². The van der Waals surface area contributed by atoms with Gasteiger partial charge in [-0.25, -0.2) is 0 Å². The summed E-state index contributed by atoms with van der Waals surface area (Å²) in [5.74, 6) is 0.846. The van der Waals surface area contributed by atoms with Crippen molar-refractivity contribution in [1.29, 1.82) is 0 Å². The Kier molecular flexibility index (Phi) is 5.80. The molecule has 0 spiro atoms. The molecule has 0 amide bonds. The number of nitrogens with zero attached hydrogens (tertiary/aromatic N) is 2. The monoisotopic (exact) mass is 289 g/mol. The Labute approximate surface area is 130 Å². The molecule has 0 radical (unpaired) electrons. The van der Waals surface area contributed by atoms with Crippen molar-refractivity contribution in [2.24, 2.45) is 11.7 Å². The fourth-order valence-corrected chi connectivity index (χ4v) is 3.35. The first-order valence-electron chi connectivity index (χ1n) is 8.18. The first-order valence-corrected chi connectivity index (χ1v) is 8.18. The summed E-state index contributed by atoms with van der Waals surface area (Å²) in [5.41, 5.74) is 9.03. The third kappa shape index (κ3) is 4.53. The third-order valence-electron chi connectivity index (χ3n) is 4.83. The molecule has 1 aliphatic heterocycles. The van der Waals surface area contributed by atoms with E-state index < -0.39 is 0 Å². The van der Waals surface area contributed by atoms with E-state index in [9.17, 15) is 0 Å². The van der Waals surface area contributed by atoms with Crippen molar-refractivity contribution in [2.45, 2.75) is 38.8 Å². The van der Waals surface area contributed by atoms with Crippen molar-refractivity contribution in [3.63, 3.8) is 0 Å². The van der Waals surface area contributed by atoms with Gasteiger partial charge < -0.3 is 10.6 Å². The molecule has 0 bridgehead atoms. The standard InChI is InChI=1S/C18H31N3/c1-14-5-7-17(8-6-14)18(19)15(2)21-11-9-16(10-12-21)13-20(3)4/h5-8,15-16,18H,9-13,19H2,1-4H3. The molecule has 21 heavy (non-hydrogen) atoms. The van der Waals surface area contributed by atoms with Crippen molar-refractivity contribution in [2.75, 3.05) is 33.7 Å². The molecule has 2 N–H and O–H groups in total. The van der Waals surface area contributed by atoms with E-state index in [2.05, 4.69) is 62.0 Å². The number of likely N-dealkylation sites (tertiary alicyclic amines) is 1. The summed E-state index contributed by atoms with van der Waals surface area (Å²) in [7, 11) is 4.34. The number of aryl methyl sites for hydroxylation is 1. The molecular formula is C18H31N3. The molecule has 1 aromatic carbocycles. The van der Waals surface area contributed by atoms with E-state index in [0.717, 1.165) is 5.92 Å². The second-order valence-corrected chi connectivity index (χ2v) is 6.92. The van der Waals surface area contributed by atoms with Crippen molar-refractivity contribution >= 4 is 0 Å². The zero-order valence-corrected chi connectivity index (χ0v) is 14.0. The highest BCUT2D eigenvalue weighted by Gasteiger charge is 2.26. The van der Waals surface area contributed by atoms with Gasteiger partial charge in [0.1, 0.15) is 0 Å². The number of rotatable bonds is 5. The molecule has 3 heteroatoms. The van der Waals surface area contributed by atoms with Crippen molar-refractivity contribution in [1.82, 2.24) is 9.80 Å². The predicted molar refractivity (Wildman–Crippen MR) is 90.4 cm³/mol. The lowest BCUT2D eigenvalue weighted by Crippen LogP contribution is -2.46. The quantitative estimate of drug-likeness (QED) is 0.904. The molecule has 1 aromatic rings. The van der Waals surface area contributed by atoms with E-state index in [-0.39, 0.29) is 6.04 Å². The summed E-state index contributed by atoms with van der Waals surface area (Å²) in [6.45, 7) is 7.97. The van der Waals surface area contributed by atoms with Gasteiger partial charge in [0, 0.05) is 18.6 Å². The Bertz CT molecular complexity index is 419. The minimum atomic E-state index is 0.107. The molecule has 2 unspecified atom stereocenters. The summed E-state index contributed by atoms with van der Waals surface area (Å²) in [5, 5.41) is 0. The van der Waals surface area contributed by atoms with Crippen LogP contribution in [0.15, 0.2) is 24.3 Å². The highest BCUT2D eigenvalue weighted by Crippen LogP contribution is 2.24. The summed E-state index contributed by atoms with van der Waals surface area (Å²) in [6.07, 6.45) is 2.59. The van der Waals surface area contributed by atoms with E-state index >= 15 is 0 Å². The van der Waals surface area contributed by atoms with E-state index in [4.69, 9.17) is 5.73 Å². The normalized spacial score (nSPS) is 20.7. The van der Waals surface area contributed by atoms with Gasteiger partial charge in [0.2, 0.25) is 0 Å². The van der Waals surface area contributed by atoms with E-state index in [0.29, 0.717) is 6.04 Å². The fourth-order valence-electron chi connectivity index (χ4n) is 3.35. The van der Waals surface area contributed by atoms with Gasteiger partial charge in [-0.15, -0.1) is 0 Å². The largest absolute Gasteiger partial charge is 0.323 e. The molecule has 118 valence electrons. The Balaban J connectivity index is 1.89. The lowest BCUT2D eigenvalue weighted by molar-refractivity contribution is 0.114. The molecule has 1 fully saturated rings. The third-order valence-corrected chi connectivity index (χ3v) is 4.83. The maximum atomic E-state index is 6.48. The van der Waals surface area contributed by atoms with E-state index in [1.54, 1.807) is 0 Å². The SMILES string of the molecule is Cc1ccc(C(N)C(C)N2CCC(CN(C)C)CC2)cc1. The topological polar surface area (TPSA) is 32.5 Å². The summed E-state index contributed by atoms with van der Waals surface area (Å²) >= 11 is 0. The number of nitrogens with two attached hydrogens (primary N) is 1. The molecule has 3 nitrogen and oxygen atoms in total. The van der Waals surface area contributed by atoms with Gasteiger partial charge in [-0.2, -0.15) is 0 Å². The number of hydrogen-bond acceptors (Lipinski definition) is 3. The van der Waals surface area contributed by atoms with Crippen LogP contribution in [-0.4, -0.2) is 49.6 Å². The average Bonchev–Trinajstić information content (AvgIpc) is 2.47. The molecule has 1 saturated heterocycles. The van der Waals surface area contributed by atoms with Crippen molar-refractivity contribution < 1.29 is 0 Å². The summed E-state index contributed by atoms with van der Waals surface area (Å²) in [6, 6.07) is 9.19. The van der Waals surface area contributed by atoms with Crippen molar-refractivity contribution in [3.05, 3.63) is 35.4 Å². The Morgan fingerprint density at radius 3 is 2.29 bits per heavy atom. The van der Waals surface area contributed by atoms with Crippen LogP contribution in [0.2, 0.25) is 0 Å². The average molecular weight is 289 g/mol. The van der Waals surface area contributed by atoms with Crippen LogP contribution in [-0.2, 0) is 0 Å². The zero-order valence-electron chi connectivity index (χ0n) is 14.0. The molecule has 1 heterocycles. The molecule has 0 saturated carbocycles. The molecule has 0 aliphatic carbocycles. The van der Waals surface area contributed by atoms with Crippen LogP contribution in [0.4, 0.5) is 0 Å². The molecule has 0 aromatic heterocycles.